The third-order valence-electron chi connectivity index (χ3n) is 2.15. The van der Waals surface area contributed by atoms with Gasteiger partial charge < -0.3 is 11.1 Å². The fourth-order valence-electron chi connectivity index (χ4n) is 1.31. The number of anilines is 1. The maximum Gasteiger partial charge on any atom is 0.253 e. The predicted molar refractivity (Wildman–Crippen MR) is 71.7 cm³/mol. The van der Waals surface area contributed by atoms with Crippen LogP contribution in [0.4, 0.5) is 5.69 Å². The minimum absolute atomic E-state index is 0.235. The summed E-state index contributed by atoms with van der Waals surface area (Å²) >= 11 is 5.74. The number of carbonyl (C=O) groups excluding carboxylic acids is 1. The monoisotopic (exact) mass is 274 g/mol. The van der Waals surface area contributed by atoms with Crippen LogP contribution in [0.5, 0.6) is 0 Å². The summed E-state index contributed by atoms with van der Waals surface area (Å²) in [7, 11) is -0.826. The number of nitrogen functional groups attached to an aromatic ring is 1. The lowest BCUT2D eigenvalue weighted by atomic mass is 10.1. The molecule has 1 amide bonds. The van der Waals surface area contributed by atoms with Crippen molar-refractivity contribution in [3.8, 4) is 0 Å². The van der Waals surface area contributed by atoms with Gasteiger partial charge in [-0.05, 0) is 24.6 Å². The fraction of sp³-hybridized carbons (Fsp3) is 0.364. The van der Waals surface area contributed by atoms with E-state index in [1.807, 2.05) is 0 Å². The Labute approximate surface area is 108 Å². The summed E-state index contributed by atoms with van der Waals surface area (Å²) in [6, 6.07) is 4.75. The van der Waals surface area contributed by atoms with Crippen LogP contribution in [-0.4, -0.2) is 28.7 Å². The number of benzene rings is 1. The molecule has 17 heavy (non-hydrogen) atoms. The fourth-order valence-corrected chi connectivity index (χ4v) is 2.04. The van der Waals surface area contributed by atoms with Crippen molar-refractivity contribution in [2.45, 2.75) is 6.42 Å². The van der Waals surface area contributed by atoms with Crippen LogP contribution in [0, 0.1) is 0 Å². The van der Waals surface area contributed by atoms with Gasteiger partial charge in [0.05, 0.1) is 5.56 Å². The van der Waals surface area contributed by atoms with Crippen molar-refractivity contribution < 1.29 is 9.00 Å². The van der Waals surface area contributed by atoms with Crippen molar-refractivity contribution in [3.63, 3.8) is 0 Å². The summed E-state index contributed by atoms with van der Waals surface area (Å²) in [5.74, 6) is 0.345. The zero-order valence-electron chi connectivity index (χ0n) is 9.53. The highest BCUT2D eigenvalue weighted by Gasteiger charge is 2.09. The summed E-state index contributed by atoms with van der Waals surface area (Å²) in [6.45, 7) is 0.487. The highest BCUT2D eigenvalue weighted by molar-refractivity contribution is 7.84. The van der Waals surface area contributed by atoms with Crippen LogP contribution in [0.25, 0.3) is 0 Å². The molecule has 0 radical (unpaired) electrons. The van der Waals surface area contributed by atoms with Crippen molar-refractivity contribution in [1.82, 2.24) is 5.32 Å². The number of hydrogen-bond acceptors (Lipinski definition) is 3. The molecule has 0 aromatic heterocycles. The van der Waals surface area contributed by atoms with E-state index in [-0.39, 0.29) is 5.91 Å². The number of halogens is 1. The molecule has 0 saturated carbocycles. The van der Waals surface area contributed by atoms with E-state index in [1.165, 1.54) is 6.07 Å². The second kappa shape index (κ2) is 6.61. The number of rotatable bonds is 5. The lowest BCUT2D eigenvalue weighted by molar-refractivity contribution is 0.0954. The van der Waals surface area contributed by atoms with Crippen LogP contribution in [0.3, 0.4) is 0 Å². The topological polar surface area (TPSA) is 72.2 Å². The molecule has 6 heteroatoms. The average Bonchev–Trinajstić information content (AvgIpc) is 2.23. The minimum Gasteiger partial charge on any atom is -0.398 e. The van der Waals surface area contributed by atoms with Crippen LogP contribution in [0.15, 0.2) is 18.2 Å². The average molecular weight is 275 g/mol. The summed E-state index contributed by atoms with van der Waals surface area (Å²) in [6.07, 6.45) is 2.32. The number of amides is 1. The first kappa shape index (κ1) is 14.0. The molecule has 0 aliphatic rings. The molecule has 94 valence electrons. The van der Waals surface area contributed by atoms with Gasteiger partial charge in [0.15, 0.2) is 0 Å². The molecule has 1 aromatic carbocycles. The molecular formula is C11H15ClN2O2S. The van der Waals surface area contributed by atoms with Crippen LogP contribution in [0.1, 0.15) is 16.8 Å². The highest BCUT2D eigenvalue weighted by atomic mass is 35.5. The molecule has 0 spiro atoms. The van der Waals surface area contributed by atoms with E-state index >= 15 is 0 Å². The third kappa shape index (κ3) is 4.75. The molecule has 0 heterocycles. The second-order valence-electron chi connectivity index (χ2n) is 3.62. The van der Waals surface area contributed by atoms with Crippen LogP contribution in [0.2, 0.25) is 5.02 Å². The molecule has 1 unspecified atom stereocenters. The van der Waals surface area contributed by atoms with Gasteiger partial charge in [0.1, 0.15) is 0 Å². The number of nitrogens with two attached hydrogens (primary N) is 1. The predicted octanol–water partition coefficient (Wildman–Crippen LogP) is 1.42. The Morgan fingerprint density at radius 3 is 2.82 bits per heavy atom. The molecule has 1 rings (SSSR count). The van der Waals surface area contributed by atoms with E-state index < -0.39 is 10.8 Å². The van der Waals surface area contributed by atoms with Gasteiger partial charge in [-0.3, -0.25) is 9.00 Å². The Bertz CT molecular complexity index is 437. The zero-order chi connectivity index (χ0) is 12.8. The van der Waals surface area contributed by atoms with E-state index in [2.05, 4.69) is 5.32 Å². The van der Waals surface area contributed by atoms with Gasteiger partial charge in [0.25, 0.3) is 5.91 Å². The molecule has 1 aromatic rings. The maximum absolute atomic E-state index is 11.7. The van der Waals surface area contributed by atoms with Gasteiger partial charge in [0, 0.05) is 40.1 Å². The Hall–Kier alpha value is -1.07. The minimum atomic E-state index is -0.826. The number of hydrogen-bond donors (Lipinski definition) is 2. The molecule has 0 saturated heterocycles. The van der Waals surface area contributed by atoms with Gasteiger partial charge in [-0.1, -0.05) is 11.6 Å². The zero-order valence-corrected chi connectivity index (χ0v) is 11.1. The van der Waals surface area contributed by atoms with E-state index in [0.29, 0.717) is 35.0 Å². The first-order chi connectivity index (χ1) is 8.00. The number of carbonyl (C=O) groups is 1. The Kier molecular flexibility index (Phi) is 5.44. The quantitative estimate of drug-likeness (QED) is 0.630. The highest BCUT2D eigenvalue weighted by Crippen LogP contribution is 2.17. The molecule has 0 bridgehead atoms. The lowest BCUT2D eigenvalue weighted by Gasteiger charge is -2.07. The Morgan fingerprint density at radius 2 is 2.24 bits per heavy atom. The first-order valence-corrected chi connectivity index (χ1v) is 7.24. The van der Waals surface area contributed by atoms with Gasteiger partial charge in [0.2, 0.25) is 0 Å². The van der Waals surface area contributed by atoms with E-state index in [1.54, 1.807) is 18.4 Å². The second-order valence-corrected chi connectivity index (χ2v) is 5.61. The van der Waals surface area contributed by atoms with Crippen molar-refractivity contribution >= 4 is 34.0 Å². The summed E-state index contributed by atoms with van der Waals surface area (Å²) < 4.78 is 10.8. The van der Waals surface area contributed by atoms with Crippen LogP contribution in [-0.2, 0) is 10.8 Å². The molecule has 4 nitrogen and oxygen atoms in total. The van der Waals surface area contributed by atoms with Crippen molar-refractivity contribution in [2.24, 2.45) is 0 Å². The van der Waals surface area contributed by atoms with E-state index in [4.69, 9.17) is 17.3 Å². The van der Waals surface area contributed by atoms with Gasteiger partial charge in [-0.25, -0.2) is 0 Å². The molecule has 3 N–H and O–H groups in total. The van der Waals surface area contributed by atoms with Crippen molar-refractivity contribution in [1.29, 1.82) is 0 Å². The normalized spacial score (nSPS) is 12.1. The Morgan fingerprint density at radius 1 is 1.53 bits per heavy atom. The first-order valence-electron chi connectivity index (χ1n) is 5.14. The largest absolute Gasteiger partial charge is 0.398 e. The molecule has 1 atom stereocenters. The van der Waals surface area contributed by atoms with Crippen molar-refractivity contribution in [2.75, 3.05) is 24.3 Å². The summed E-state index contributed by atoms with van der Waals surface area (Å²) in [5.41, 5.74) is 6.45. The van der Waals surface area contributed by atoms with Crippen LogP contribution < -0.4 is 11.1 Å². The summed E-state index contributed by atoms with van der Waals surface area (Å²) in [4.78, 5) is 11.7. The number of nitrogens with one attached hydrogen (secondary N) is 1. The van der Waals surface area contributed by atoms with E-state index in [9.17, 15) is 9.00 Å². The smallest absolute Gasteiger partial charge is 0.253 e. The van der Waals surface area contributed by atoms with Gasteiger partial charge in [-0.15, -0.1) is 0 Å². The van der Waals surface area contributed by atoms with E-state index in [0.717, 1.165) is 0 Å². The molecular weight excluding hydrogens is 260 g/mol. The maximum atomic E-state index is 11.7. The SMILES string of the molecule is CS(=O)CCCNC(=O)c1ccc(Cl)cc1N. The van der Waals surface area contributed by atoms with Gasteiger partial charge >= 0.3 is 0 Å². The van der Waals surface area contributed by atoms with Crippen LogP contribution >= 0.6 is 11.6 Å². The third-order valence-corrected chi connectivity index (χ3v) is 3.25. The Balaban J connectivity index is 2.50. The lowest BCUT2D eigenvalue weighted by Crippen LogP contribution is -2.26. The summed E-state index contributed by atoms with van der Waals surface area (Å²) in [5, 5.41) is 3.22. The molecule has 0 aliphatic carbocycles. The molecule has 0 fully saturated rings. The molecule has 0 aliphatic heterocycles. The van der Waals surface area contributed by atoms with Gasteiger partial charge in [-0.2, -0.15) is 0 Å². The standard InChI is InChI=1S/C11H15ClN2O2S/c1-17(16)6-2-5-14-11(15)9-4-3-8(12)7-10(9)13/h3-4,7H,2,5-6,13H2,1H3,(H,14,15). The van der Waals surface area contributed by atoms with Crippen molar-refractivity contribution in [3.05, 3.63) is 28.8 Å².